The molecule has 1 saturated heterocycles. The predicted molar refractivity (Wildman–Crippen MR) is 240 cm³/mol. The van der Waals surface area contributed by atoms with Crippen molar-refractivity contribution in [2.75, 3.05) is 158 Å². The van der Waals surface area contributed by atoms with Gasteiger partial charge in [0.15, 0.2) is 0 Å². The second-order valence-corrected chi connectivity index (χ2v) is 16.0. The van der Waals surface area contributed by atoms with Gasteiger partial charge in [-0.25, -0.2) is 10.1 Å². The van der Waals surface area contributed by atoms with Crippen molar-refractivity contribution >= 4 is 46.7 Å². The van der Waals surface area contributed by atoms with Crippen molar-refractivity contribution in [2.24, 2.45) is 16.6 Å². The van der Waals surface area contributed by atoms with Crippen LogP contribution in [0.5, 0.6) is 0 Å². The van der Waals surface area contributed by atoms with E-state index in [1.165, 1.54) is 9.94 Å². The summed E-state index contributed by atoms with van der Waals surface area (Å²) in [5, 5.41) is 9.94. The van der Waals surface area contributed by atoms with Crippen molar-refractivity contribution in [2.45, 2.75) is 58.8 Å². The lowest BCUT2D eigenvalue weighted by Crippen LogP contribution is -2.39. The third-order valence-corrected chi connectivity index (χ3v) is 10.8. The molecule has 0 saturated carbocycles. The van der Waals surface area contributed by atoms with Gasteiger partial charge in [-0.1, -0.05) is 6.92 Å². The Hall–Kier alpha value is -3.12. The second-order valence-electron chi connectivity index (χ2n) is 14.8. The Bertz CT molecular complexity index is 1470. The molecule has 366 valence electrons. The van der Waals surface area contributed by atoms with Crippen molar-refractivity contribution in [3.63, 3.8) is 0 Å². The minimum Gasteiger partial charge on any atom is -0.481 e. The number of hydroxylamine groups is 2. The van der Waals surface area contributed by atoms with E-state index in [1.54, 1.807) is 11.3 Å². The number of nitrogens with zero attached hydrogens (tertiary/aromatic N) is 3. The van der Waals surface area contributed by atoms with E-state index in [4.69, 9.17) is 63.0 Å². The molecule has 0 aromatic carbocycles. The third-order valence-electron chi connectivity index (χ3n) is 9.67. The molecule has 3 rings (SSSR count). The molecule has 0 aliphatic carbocycles. The molecule has 0 radical (unpaired) electrons. The molecule has 2 aliphatic rings. The molecular weight excluding hydrogens is 857 g/mol. The molecule has 1 aromatic heterocycles. The number of amidine groups is 1. The number of amides is 2. The number of thiophene rings is 1. The average Bonchev–Trinajstić information content (AvgIpc) is 3.57. The number of ether oxygens (including phenoxy) is 10. The number of rotatable bonds is 40. The number of carboxylic acids is 1. The second kappa shape index (κ2) is 36.1. The highest BCUT2D eigenvalue weighted by Gasteiger charge is 2.26. The van der Waals surface area contributed by atoms with E-state index < -0.39 is 5.97 Å². The summed E-state index contributed by atoms with van der Waals surface area (Å²) in [6.07, 6.45) is 6.11. The van der Waals surface area contributed by atoms with Gasteiger partial charge in [-0.15, -0.1) is 11.3 Å². The van der Waals surface area contributed by atoms with Crippen LogP contribution in [0.1, 0.15) is 62.1 Å². The van der Waals surface area contributed by atoms with Gasteiger partial charge >= 0.3 is 5.97 Å². The largest absolute Gasteiger partial charge is 0.481 e. The summed E-state index contributed by atoms with van der Waals surface area (Å²) in [5.74, 6) is -0.0535. The summed E-state index contributed by atoms with van der Waals surface area (Å²) in [5.41, 5.74) is 7.61. The van der Waals surface area contributed by atoms with E-state index >= 15 is 0 Å². The van der Waals surface area contributed by atoms with Gasteiger partial charge in [0.25, 0.3) is 5.91 Å². The Morgan fingerprint density at radius 1 is 0.703 bits per heavy atom. The predicted octanol–water partition coefficient (Wildman–Crippen LogP) is 3.53. The number of carbonyl (C=O) groups is 3. The van der Waals surface area contributed by atoms with Gasteiger partial charge in [0.2, 0.25) is 5.91 Å². The maximum atomic E-state index is 13.2. The molecule has 3 heterocycles. The number of aliphatic carboxylic acids is 1. The molecule has 0 atom stereocenters. The lowest BCUT2D eigenvalue weighted by Gasteiger charge is -2.32. The number of likely N-dealkylation sites (tertiary alicyclic amines) is 1. The fourth-order valence-corrected chi connectivity index (χ4v) is 7.63. The number of carboxylic acid groups (broad SMARTS) is 1. The number of carbonyl (C=O) groups excluding carboxylic acids is 2. The summed E-state index contributed by atoms with van der Waals surface area (Å²) >= 11 is 1.65. The minimum absolute atomic E-state index is 0.0103. The van der Waals surface area contributed by atoms with E-state index in [1.807, 2.05) is 24.8 Å². The van der Waals surface area contributed by atoms with Crippen molar-refractivity contribution in [3.05, 3.63) is 21.4 Å². The van der Waals surface area contributed by atoms with Crippen molar-refractivity contribution in [3.8, 4) is 0 Å². The van der Waals surface area contributed by atoms with Crippen LogP contribution >= 0.6 is 11.3 Å². The molecule has 64 heavy (non-hydrogen) atoms. The highest BCUT2D eigenvalue weighted by atomic mass is 32.1. The Morgan fingerprint density at radius 2 is 1.14 bits per heavy atom. The van der Waals surface area contributed by atoms with Crippen LogP contribution in [0.3, 0.4) is 0 Å². The first-order valence-corrected chi connectivity index (χ1v) is 23.5. The first kappa shape index (κ1) is 55.2. The zero-order valence-corrected chi connectivity index (χ0v) is 39.0. The number of nitrogens with two attached hydrogens (primary N) is 1. The van der Waals surface area contributed by atoms with E-state index in [0.29, 0.717) is 169 Å². The maximum Gasteiger partial charge on any atom is 0.305 e. The molecule has 19 nitrogen and oxygen atoms in total. The molecule has 0 unspecified atom stereocenters. The Kier molecular flexibility index (Phi) is 31.1. The van der Waals surface area contributed by atoms with Crippen LogP contribution in [-0.4, -0.2) is 197 Å². The number of hydrogen-bond donors (Lipinski definition) is 2. The lowest BCUT2D eigenvalue weighted by molar-refractivity contribution is -0.180. The summed E-state index contributed by atoms with van der Waals surface area (Å²) in [6.45, 7) is 14.9. The van der Waals surface area contributed by atoms with Gasteiger partial charge in [-0.05, 0) is 50.7 Å². The summed E-state index contributed by atoms with van der Waals surface area (Å²) in [4.78, 5) is 50.7. The Labute approximate surface area is 382 Å². The molecule has 2 aliphatic heterocycles. The van der Waals surface area contributed by atoms with Crippen molar-refractivity contribution < 1.29 is 71.7 Å². The van der Waals surface area contributed by atoms with Crippen LogP contribution < -0.4 is 5.73 Å². The number of piperidine rings is 1. The van der Waals surface area contributed by atoms with Crippen LogP contribution in [0, 0.1) is 5.92 Å². The first-order valence-electron chi connectivity index (χ1n) is 22.7. The third kappa shape index (κ3) is 25.5. The van der Waals surface area contributed by atoms with Gasteiger partial charge in [0.05, 0.1) is 162 Å². The zero-order chi connectivity index (χ0) is 45.9. The SMILES string of the molecule is CCCN(OCC)C(=O)C1=Cc2sc(CC3CCN(C(=O)CCOCCOCCOCCOCCOCCOCCOCCOCCOCCOCCC(=O)O)CC3)cc2N=C(N)C1. The molecule has 3 N–H and O–H groups in total. The average molecular weight is 931 g/mol. The van der Waals surface area contributed by atoms with E-state index in [0.717, 1.165) is 49.3 Å². The number of aliphatic imine (C=N–C) groups is 1. The van der Waals surface area contributed by atoms with Crippen molar-refractivity contribution in [1.82, 2.24) is 9.96 Å². The van der Waals surface area contributed by atoms with Crippen LogP contribution in [-0.2, 0) is 73.0 Å². The minimum atomic E-state index is -0.880. The topological polar surface area (TPSA) is 218 Å². The summed E-state index contributed by atoms with van der Waals surface area (Å²) in [6, 6.07) is 2.09. The fourth-order valence-electron chi connectivity index (χ4n) is 6.45. The molecule has 1 aromatic rings. The van der Waals surface area contributed by atoms with Gasteiger partial charge in [-0.3, -0.25) is 19.2 Å². The van der Waals surface area contributed by atoms with Crippen LogP contribution in [0.4, 0.5) is 5.69 Å². The molecule has 2 amide bonds. The van der Waals surface area contributed by atoms with Crippen LogP contribution in [0.25, 0.3) is 6.08 Å². The Balaban J connectivity index is 1.05. The van der Waals surface area contributed by atoms with Crippen LogP contribution in [0.2, 0.25) is 0 Å². The lowest BCUT2D eigenvalue weighted by atomic mass is 9.92. The fraction of sp³-hybridized carbons (Fsp3) is 0.773. The summed E-state index contributed by atoms with van der Waals surface area (Å²) < 4.78 is 54.6. The van der Waals surface area contributed by atoms with Gasteiger partial charge < -0.3 is 63.1 Å². The van der Waals surface area contributed by atoms with Gasteiger partial charge in [0, 0.05) is 36.5 Å². The van der Waals surface area contributed by atoms with Crippen molar-refractivity contribution in [1.29, 1.82) is 0 Å². The van der Waals surface area contributed by atoms with Gasteiger partial charge in [0.1, 0.15) is 5.84 Å². The van der Waals surface area contributed by atoms with E-state index in [2.05, 4.69) is 11.1 Å². The molecule has 0 spiro atoms. The molecule has 1 fully saturated rings. The standard InChI is InChI=1S/C44H74N4O15S/c1-3-9-48(63-4-2)44(52)37-33-40-39(46-41(45)34-37)35-38(64-40)32-36-5-10-47(11-6-36)42(49)7-12-53-14-16-55-18-20-57-22-24-59-26-28-61-30-31-62-29-27-60-25-23-58-21-19-56-17-15-54-13-8-43(50)51/h33,35-36H,3-32,34H2,1-2H3,(H2,45,46)(H,50,51). The first-order chi connectivity index (χ1) is 31.3. The quantitative estimate of drug-likeness (QED) is 0.0711. The number of hydrogen-bond acceptors (Lipinski definition) is 17. The normalized spacial score (nSPS) is 14.3. The van der Waals surface area contributed by atoms with E-state index in [9.17, 15) is 14.4 Å². The zero-order valence-electron chi connectivity index (χ0n) is 38.1. The molecule has 0 bridgehead atoms. The van der Waals surface area contributed by atoms with E-state index in [-0.39, 0.29) is 24.8 Å². The highest BCUT2D eigenvalue weighted by Crippen LogP contribution is 2.37. The molecular formula is C44H74N4O15S. The Morgan fingerprint density at radius 3 is 1.56 bits per heavy atom. The number of fused-ring (bicyclic) bond motifs is 1. The van der Waals surface area contributed by atoms with Crippen LogP contribution in [0.15, 0.2) is 16.6 Å². The van der Waals surface area contributed by atoms with Gasteiger partial charge in [-0.2, -0.15) is 0 Å². The maximum absolute atomic E-state index is 13.2. The molecule has 20 heteroatoms. The monoisotopic (exact) mass is 930 g/mol. The smallest absolute Gasteiger partial charge is 0.305 e. The highest BCUT2D eigenvalue weighted by molar-refractivity contribution is 7.13. The summed E-state index contributed by atoms with van der Waals surface area (Å²) in [7, 11) is 0.